The highest BCUT2D eigenvalue weighted by molar-refractivity contribution is 7.80. The molecule has 1 rings (SSSR count). The van der Waals surface area contributed by atoms with E-state index in [1.165, 1.54) is 0 Å². The van der Waals surface area contributed by atoms with Crippen LogP contribution in [0.5, 0.6) is 0 Å². The second-order valence-electron chi connectivity index (χ2n) is 5.76. The molecule has 2 N–H and O–H groups in total. The van der Waals surface area contributed by atoms with E-state index in [4.69, 9.17) is 18.0 Å². The number of amides is 1. The quantitative estimate of drug-likeness (QED) is 0.751. The molecule has 0 aliphatic carbocycles. The van der Waals surface area contributed by atoms with E-state index in [0.717, 1.165) is 45.6 Å². The number of rotatable bonds is 6. The molecule has 0 aromatic heterocycles. The minimum atomic E-state index is -0.267. The predicted molar refractivity (Wildman–Crippen MR) is 83.0 cm³/mol. The number of carbonyl (C=O) groups excluding carboxylic acids is 1. The molecule has 0 bridgehead atoms. The molecule has 0 aromatic rings. The Balaban J connectivity index is 2.49. The second kappa shape index (κ2) is 7.80. The first-order valence-electron chi connectivity index (χ1n) is 7.26. The van der Waals surface area contributed by atoms with E-state index < -0.39 is 0 Å². The van der Waals surface area contributed by atoms with Gasteiger partial charge in [0.25, 0.3) is 0 Å². The lowest BCUT2D eigenvalue weighted by Crippen LogP contribution is -2.52. The molecule has 4 nitrogen and oxygen atoms in total. The normalized spacial score (nSPS) is 18.6. The highest BCUT2D eigenvalue weighted by Gasteiger charge is 2.28. The van der Waals surface area contributed by atoms with Gasteiger partial charge in [-0.2, -0.15) is 0 Å². The van der Waals surface area contributed by atoms with Gasteiger partial charge in [-0.1, -0.05) is 39.4 Å². The summed E-state index contributed by atoms with van der Waals surface area (Å²) in [5.41, 5.74) is 5.70. The first-order valence-corrected chi connectivity index (χ1v) is 7.67. The van der Waals surface area contributed by atoms with Crippen molar-refractivity contribution < 1.29 is 4.79 Å². The maximum Gasteiger partial charge on any atom is 0.232 e. The summed E-state index contributed by atoms with van der Waals surface area (Å²) in [4.78, 5) is 17.1. The molecule has 1 aliphatic heterocycles. The smallest absolute Gasteiger partial charge is 0.232 e. The number of thiocarbonyl (C=S) groups is 1. The topological polar surface area (TPSA) is 49.6 Å². The van der Waals surface area contributed by atoms with E-state index in [1.54, 1.807) is 0 Å². The van der Waals surface area contributed by atoms with Gasteiger partial charge >= 0.3 is 0 Å². The van der Waals surface area contributed by atoms with Crippen LogP contribution in [0.2, 0.25) is 0 Å². The van der Waals surface area contributed by atoms with Crippen molar-refractivity contribution in [1.29, 1.82) is 0 Å². The molecule has 19 heavy (non-hydrogen) atoms. The summed E-state index contributed by atoms with van der Waals surface area (Å²) in [5, 5.41) is 0. The third kappa shape index (κ3) is 5.07. The van der Waals surface area contributed by atoms with Gasteiger partial charge in [-0.25, -0.2) is 0 Å². The van der Waals surface area contributed by atoms with Crippen LogP contribution in [0.25, 0.3) is 0 Å². The van der Waals surface area contributed by atoms with Crippen molar-refractivity contribution in [2.75, 3.05) is 32.7 Å². The SMILES string of the molecule is CCCC(C(=O)N1CCN(CC(C)C)CC1)C(N)=S. The maximum absolute atomic E-state index is 12.4. The number of nitrogens with two attached hydrogens (primary N) is 1. The Kier molecular flexibility index (Phi) is 6.72. The lowest BCUT2D eigenvalue weighted by molar-refractivity contribution is -0.135. The third-order valence-electron chi connectivity index (χ3n) is 3.53. The summed E-state index contributed by atoms with van der Waals surface area (Å²) in [5.74, 6) is 0.530. The van der Waals surface area contributed by atoms with E-state index in [1.807, 2.05) is 4.90 Å². The number of carbonyl (C=O) groups is 1. The fraction of sp³-hybridized carbons (Fsp3) is 0.857. The van der Waals surface area contributed by atoms with Gasteiger partial charge in [-0.3, -0.25) is 9.69 Å². The van der Waals surface area contributed by atoms with Crippen LogP contribution in [0.4, 0.5) is 0 Å². The molecule has 1 atom stereocenters. The molecule has 1 saturated heterocycles. The monoisotopic (exact) mass is 285 g/mol. The van der Waals surface area contributed by atoms with E-state index >= 15 is 0 Å². The average Bonchev–Trinajstić information content (AvgIpc) is 2.35. The number of nitrogens with zero attached hydrogens (tertiary/aromatic N) is 2. The third-order valence-corrected chi connectivity index (χ3v) is 3.81. The Labute approximate surface area is 122 Å². The molecule has 1 heterocycles. The summed E-state index contributed by atoms with van der Waals surface area (Å²) in [7, 11) is 0. The van der Waals surface area contributed by atoms with E-state index in [0.29, 0.717) is 10.9 Å². The molecule has 5 heteroatoms. The van der Waals surface area contributed by atoms with Crippen LogP contribution in [0, 0.1) is 11.8 Å². The Morgan fingerprint density at radius 1 is 1.26 bits per heavy atom. The number of piperazine rings is 1. The lowest BCUT2D eigenvalue weighted by Gasteiger charge is -2.37. The Morgan fingerprint density at radius 3 is 2.26 bits per heavy atom. The lowest BCUT2D eigenvalue weighted by atomic mass is 10.0. The highest BCUT2D eigenvalue weighted by atomic mass is 32.1. The molecule has 0 radical (unpaired) electrons. The molecule has 1 aliphatic rings. The molecular weight excluding hydrogens is 258 g/mol. The van der Waals surface area contributed by atoms with Crippen LogP contribution in [0.1, 0.15) is 33.6 Å². The second-order valence-corrected chi connectivity index (χ2v) is 6.23. The minimum Gasteiger partial charge on any atom is -0.393 e. The molecule has 1 amide bonds. The van der Waals surface area contributed by atoms with Crippen molar-refractivity contribution in [1.82, 2.24) is 9.80 Å². The van der Waals surface area contributed by atoms with E-state index in [-0.39, 0.29) is 11.8 Å². The standard InChI is InChI=1S/C14H27N3OS/c1-4-5-12(13(15)19)14(18)17-8-6-16(7-9-17)10-11(2)3/h11-12H,4-10H2,1-3H3,(H2,15,19). The van der Waals surface area contributed by atoms with Crippen LogP contribution in [0.15, 0.2) is 0 Å². The zero-order valence-electron chi connectivity index (χ0n) is 12.4. The molecule has 1 unspecified atom stereocenters. The van der Waals surface area contributed by atoms with Gasteiger partial charge in [-0.15, -0.1) is 0 Å². The van der Waals surface area contributed by atoms with Crippen molar-refractivity contribution >= 4 is 23.1 Å². The largest absolute Gasteiger partial charge is 0.393 e. The van der Waals surface area contributed by atoms with Gasteiger partial charge in [0.1, 0.15) is 0 Å². The summed E-state index contributed by atoms with van der Waals surface area (Å²) >= 11 is 5.03. The molecule has 110 valence electrons. The Hall–Kier alpha value is -0.680. The Bertz CT molecular complexity index is 312. The molecular formula is C14H27N3OS. The predicted octanol–water partition coefficient (Wildman–Crippen LogP) is 1.49. The molecule has 0 spiro atoms. The van der Waals surface area contributed by atoms with Gasteiger partial charge in [0, 0.05) is 32.7 Å². The zero-order valence-corrected chi connectivity index (χ0v) is 13.2. The van der Waals surface area contributed by atoms with Gasteiger partial charge < -0.3 is 10.6 Å². The fourth-order valence-electron chi connectivity index (χ4n) is 2.56. The van der Waals surface area contributed by atoms with Gasteiger partial charge in [-0.05, 0) is 12.3 Å². The van der Waals surface area contributed by atoms with Crippen LogP contribution in [0.3, 0.4) is 0 Å². The van der Waals surface area contributed by atoms with Gasteiger partial charge in [0.15, 0.2) is 0 Å². The first kappa shape index (κ1) is 16.4. The molecule has 0 saturated carbocycles. The van der Waals surface area contributed by atoms with Crippen LogP contribution in [-0.4, -0.2) is 53.4 Å². The van der Waals surface area contributed by atoms with Crippen molar-refractivity contribution in [2.24, 2.45) is 17.6 Å². The van der Waals surface area contributed by atoms with Crippen molar-refractivity contribution in [3.8, 4) is 0 Å². The summed E-state index contributed by atoms with van der Waals surface area (Å²) in [6.45, 7) is 11.1. The average molecular weight is 285 g/mol. The fourth-order valence-corrected chi connectivity index (χ4v) is 2.78. The van der Waals surface area contributed by atoms with Crippen LogP contribution in [-0.2, 0) is 4.79 Å². The van der Waals surface area contributed by atoms with Crippen LogP contribution >= 0.6 is 12.2 Å². The summed E-state index contributed by atoms with van der Waals surface area (Å²) < 4.78 is 0. The van der Waals surface area contributed by atoms with Crippen molar-refractivity contribution in [2.45, 2.75) is 33.6 Å². The summed E-state index contributed by atoms with van der Waals surface area (Å²) in [6, 6.07) is 0. The first-order chi connectivity index (χ1) is 8.95. The number of hydrogen-bond donors (Lipinski definition) is 1. The maximum atomic E-state index is 12.4. The number of hydrogen-bond acceptors (Lipinski definition) is 3. The van der Waals surface area contributed by atoms with Crippen molar-refractivity contribution in [3.63, 3.8) is 0 Å². The Morgan fingerprint density at radius 2 is 1.84 bits per heavy atom. The molecule has 1 fully saturated rings. The highest BCUT2D eigenvalue weighted by Crippen LogP contribution is 2.14. The van der Waals surface area contributed by atoms with Crippen LogP contribution < -0.4 is 5.73 Å². The van der Waals surface area contributed by atoms with Gasteiger partial charge in [0.05, 0.1) is 10.9 Å². The van der Waals surface area contributed by atoms with E-state index in [9.17, 15) is 4.79 Å². The van der Waals surface area contributed by atoms with Gasteiger partial charge in [0.2, 0.25) is 5.91 Å². The molecule has 0 aromatic carbocycles. The summed E-state index contributed by atoms with van der Waals surface area (Å²) in [6.07, 6.45) is 1.70. The van der Waals surface area contributed by atoms with Crippen molar-refractivity contribution in [3.05, 3.63) is 0 Å². The zero-order chi connectivity index (χ0) is 14.4. The van der Waals surface area contributed by atoms with E-state index in [2.05, 4.69) is 25.7 Å². The minimum absolute atomic E-state index is 0.124.